The minimum Gasteiger partial charge on any atom is -0.353 e. The van der Waals surface area contributed by atoms with E-state index in [-0.39, 0.29) is 11.7 Å². The van der Waals surface area contributed by atoms with Gasteiger partial charge in [-0.25, -0.2) is 14.5 Å². The number of nitrogens with zero attached hydrogens (tertiary/aromatic N) is 5. The average molecular weight is 388 g/mol. The van der Waals surface area contributed by atoms with Gasteiger partial charge < -0.3 is 9.88 Å². The molecule has 148 valence electrons. The molecule has 7 heteroatoms. The molecule has 4 aromatic rings. The Balaban J connectivity index is 1.73. The summed E-state index contributed by atoms with van der Waals surface area (Å²) in [4.78, 5) is 26.7. The van der Waals surface area contributed by atoms with Crippen molar-refractivity contribution in [3.8, 4) is 11.3 Å². The minimum absolute atomic E-state index is 0.276. The summed E-state index contributed by atoms with van der Waals surface area (Å²) in [6.07, 6.45) is 4.23. The van der Waals surface area contributed by atoms with Crippen LogP contribution in [0, 0.1) is 13.8 Å². The second-order valence-corrected chi connectivity index (χ2v) is 8.17. The standard InChI is InChI=1S/C22H24N6O/c1-12(2)19-20(16-10-28-22(23-11-24-28)14(4)13(16)3)25-17-5-6-18(26-21(17)19)27-8-7-15(29)9-27/h5-6,10-12,25H,7-9H2,1-4H3. The lowest BCUT2D eigenvalue weighted by molar-refractivity contribution is -0.116. The van der Waals surface area contributed by atoms with Crippen LogP contribution >= 0.6 is 0 Å². The van der Waals surface area contributed by atoms with E-state index < -0.39 is 0 Å². The van der Waals surface area contributed by atoms with Gasteiger partial charge in [-0.15, -0.1) is 0 Å². The van der Waals surface area contributed by atoms with Gasteiger partial charge in [0.1, 0.15) is 12.1 Å². The number of pyridine rings is 2. The zero-order valence-electron chi connectivity index (χ0n) is 17.2. The Morgan fingerprint density at radius 3 is 2.72 bits per heavy atom. The highest BCUT2D eigenvalue weighted by Crippen LogP contribution is 2.38. The van der Waals surface area contributed by atoms with E-state index in [2.05, 4.69) is 53.7 Å². The van der Waals surface area contributed by atoms with Gasteiger partial charge in [-0.05, 0) is 43.0 Å². The van der Waals surface area contributed by atoms with Crippen molar-refractivity contribution in [2.45, 2.75) is 40.0 Å². The van der Waals surface area contributed by atoms with E-state index in [9.17, 15) is 4.79 Å². The van der Waals surface area contributed by atoms with Gasteiger partial charge in [0.15, 0.2) is 11.4 Å². The van der Waals surface area contributed by atoms with Gasteiger partial charge in [-0.2, -0.15) is 5.10 Å². The van der Waals surface area contributed by atoms with Crippen LogP contribution in [0.3, 0.4) is 0 Å². The number of nitrogens with one attached hydrogen (secondary N) is 1. The SMILES string of the molecule is Cc1c(-c2[nH]c3ccc(N4CCC(=O)C4)nc3c2C(C)C)cn2ncnc2c1C. The van der Waals surface area contributed by atoms with Crippen molar-refractivity contribution < 1.29 is 4.79 Å². The van der Waals surface area contributed by atoms with Gasteiger partial charge in [-0.3, -0.25) is 4.79 Å². The third-order valence-electron chi connectivity index (χ3n) is 5.99. The second-order valence-electron chi connectivity index (χ2n) is 8.17. The number of aromatic amines is 1. The van der Waals surface area contributed by atoms with Crippen LogP contribution < -0.4 is 4.90 Å². The fraction of sp³-hybridized carbons (Fsp3) is 0.364. The van der Waals surface area contributed by atoms with Crippen LogP contribution in [0.4, 0.5) is 5.82 Å². The van der Waals surface area contributed by atoms with Gasteiger partial charge in [0.25, 0.3) is 0 Å². The number of H-pyrrole nitrogens is 1. The van der Waals surface area contributed by atoms with Crippen LogP contribution in [-0.2, 0) is 4.79 Å². The summed E-state index contributed by atoms with van der Waals surface area (Å²) in [6, 6.07) is 4.08. The summed E-state index contributed by atoms with van der Waals surface area (Å²) >= 11 is 0. The molecular weight excluding hydrogens is 364 g/mol. The number of anilines is 1. The fourth-order valence-electron chi connectivity index (χ4n) is 4.31. The van der Waals surface area contributed by atoms with Crippen LogP contribution in [-0.4, -0.2) is 43.4 Å². The smallest absolute Gasteiger partial charge is 0.158 e. The van der Waals surface area contributed by atoms with Crippen LogP contribution in [0.5, 0.6) is 0 Å². The number of hydrogen-bond acceptors (Lipinski definition) is 5. The molecule has 0 spiro atoms. The molecule has 0 radical (unpaired) electrons. The Morgan fingerprint density at radius 1 is 1.17 bits per heavy atom. The lowest BCUT2D eigenvalue weighted by atomic mass is 9.95. The molecule has 0 saturated carbocycles. The Bertz CT molecular complexity index is 1270. The van der Waals surface area contributed by atoms with Crippen LogP contribution in [0.15, 0.2) is 24.7 Å². The lowest BCUT2D eigenvalue weighted by Crippen LogP contribution is -2.20. The molecule has 1 saturated heterocycles. The number of hydrogen-bond donors (Lipinski definition) is 1. The number of aryl methyl sites for hydroxylation is 1. The molecular formula is C22H24N6O. The van der Waals surface area contributed by atoms with E-state index in [4.69, 9.17) is 4.98 Å². The maximum absolute atomic E-state index is 11.7. The number of carbonyl (C=O) groups is 1. The van der Waals surface area contributed by atoms with E-state index in [1.165, 1.54) is 11.1 Å². The molecule has 0 aliphatic carbocycles. The van der Waals surface area contributed by atoms with E-state index in [0.29, 0.717) is 13.0 Å². The number of ketones is 1. The molecule has 0 unspecified atom stereocenters. The van der Waals surface area contributed by atoms with Crippen molar-refractivity contribution in [1.29, 1.82) is 0 Å². The first kappa shape index (κ1) is 17.8. The Hall–Kier alpha value is -3.22. The monoisotopic (exact) mass is 388 g/mol. The summed E-state index contributed by atoms with van der Waals surface area (Å²) in [6.45, 7) is 9.79. The highest BCUT2D eigenvalue weighted by molar-refractivity contribution is 5.91. The summed E-state index contributed by atoms with van der Waals surface area (Å²) in [5.41, 5.74) is 8.55. The van der Waals surface area contributed by atoms with Crippen molar-refractivity contribution in [2.75, 3.05) is 18.0 Å². The predicted molar refractivity (Wildman–Crippen MR) is 113 cm³/mol. The number of rotatable bonds is 3. The maximum Gasteiger partial charge on any atom is 0.158 e. The predicted octanol–water partition coefficient (Wildman–Crippen LogP) is 3.79. The third-order valence-corrected chi connectivity index (χ3v) is 5.99. The largest absolute Gasteiger partial charge is 0.353 e. The van der Waals surface area contributed by atoms with Crippen molar-refractivity contribution in [3.05, 3.63) is 41.3 Å². The molecule has 29 heavy (non-hydrogen) atoms. The first-order valence-electron chi connectivity index (χ1n) is 10.0. The maximum atomic E-state index is 11.7. The average Bonchev–Trinajstić information content (AvgIpc) is 3.41. The molecule has 5 heterocycles. The topological polar surface area (TPSA) is 79.2 Å². The zero-order valence-corrected chi connectivity index (χ0v) is 17.2. The normalized spacial score (nSPS) is 14.8. The van der Waals surface area contributed by atoms with E-state index in [0.717, 1.165) is 45.9 Å². The van der Waals surface area contributed by atoms with Gasteiger partial charge in [0.2, 0.25) is 0 Å². The van der Waals surface area contributed by atoms with Gasteiger partial charge in [0, 0.05) is 30.3 Å². The van der Waals surface area contributed by atoms with Crippen molar-refractivity contribution >= 4 is 28.3 Å². The first-order chi connectivity index (χ1) is 13.9. The Kier molecular flexibility index (Phi) is 3.94. The number of carbonyl (C=O) groups excluding carboxylic acids is 1. The Morgan fingerprint density at radius 2 is 2.00 bits per heavy atom. The van der Waals surface area contributed by atoms with E-state index in [1.54, 1.807) is 6.33 Å². The zero-order chi connectivity index (χ0) is 20.3. The van der Waals surface area contributed by atoms with E-state index >= 15 is 0 Å². The molecule has 0 bridgehead atoms. The molecule has 7 nitrogen and oxygen atoms in total. The number of fused-ring (bicyclic) bond motifs is 2. The highest BCUT2D eigenvalue weighted by Gasteiger charge is 2.24. The molecule has 0 atom stereocenters. The van der Waals surface area contributed by atoms with Crippen LogP contribution in [0.2, 0.25) is 0 Å². The fourth-order valence-corrected chi connectivity index (χ4v) is 4.31. The number of Topliss-reactive ketones (excluding diaryl/α,β-unsaturated/α-hetero) is 1. The molecule has 1 aliphatic rings. The van der Waals surface area contributed by atoms with Gasteiger partial charge in [0.05, 0.1) is 23.3 Å². The van der Waals surface area contributed by atoms with Crippen molar-refractivity contribution in [3.63, 3.8) is 0 Å². The summed E-state index contributed by atoms with van der Waals surface area (Å²) < 4.78 is 1.84. The van der Waals surface area contributed by atoms with Crippen LogP contribution in [0.1, 0.15) is 42.9 Å². The van der Waals surface area contributed by atoms with Gasteiger partial charge in [-0.1, -0.05) is 13.8 Å². The molecule has 0 aromatic carbocycles. The molecule has 4 aromatic heterocycles. The lowest BCUT2D eigenvalue weighted by Gasteiger charge is -2.16. The quantitative estimate of drug-likeness (QED) is 0.578. The first-order valence-corrected chi connectivity index (χ1v) is 10.0. The number of aromatic nitrogens is 5. The summed E-state index contributed by atoms with van der Waals surface area (Å²) in [7, 11) is 0. The molecule has 1 aliphatic heterocycles. The van der Waals surface area contributed by atoms with Gasteiger partial charge >= 0.3 is 0 Å². The third kappa shape index (κ3) is 2.72. The molecule has 1 N–H and O–H groups in total. The van der Waals surface area contributed by atoms with E-state index in [1.807, 2.05) is 16.8 Å². The summed E-state index contributed by atoms with van der Waals surface area (Å²) in [5.74, 6) is 1.43. The molecule has 5 rings (SSSR count). The molecule has 0 amide bonds. The summed E-state index contributed by atoms with van der Waals surface area (Å²) in [5, 5.41) is 4.35. The second kappa shape index (κ2) is 6.40. The highest BCUT2D eigenvalue weighted by atomic mass is 16.1. The Labute approximate surface area is 168 Å². The van der Waals surface area contributed by atoms with Crippen LogP contribution in [0.25, 0.3) is 27.9 Å². The van der Waals surface area contributed by atoms with Crippen molar-refractivity contribution in [1.82, 2.24) is 24.6 Å². The van der Waals surface area contributed by atoms with Crippen molar-refractivity contribution in [2.24, 2.45) is 0 Å². The molecule has 1 fully saturated rings. The minimum atomic E-state index is 0.276.